The Morgan fingerprint density at radius 2 is 2.21 bits per heavy atom. The van der Waals surface area contributed by atoms with Gasteiger partial charge in [-0.15, -0.1) is 0 Å². The molecule has 0 bridgehead atoms. The lowest BCUT2D eigenvalue weighted by Crippen LogP contribution is -2.07. The van der Waals surface area contributed by atoms with Gasteiger partial charge in [-0.2, -0.15) is 0 Å². The van der Waals surface area contributed by atoms with E-state index in [1.54, 1.807) is 6.92 Å². The molecule has 0 fully saturated rings. The van der Waals surface area contributed by atoms with Crippen molar-refractivity contribution in [3.8, 4) is 5.75 Å². The summed E-state index contributed by atoms with van der Waals surface area (Å²) in [6.07, 6.45) is 0. The Labute approximate surface area is 86.2 Å². The van der Waals surface area contributed by atoms with E-state index >= 15 is 0 Å². The Kier molecular flexibility index (Phi) is 2.86. The molecule has 0 amide bonds. The predicted molar refractivity (Wildman–Crippen MR) is 54.1 cm³/mol. The molecule has 0 aliphatic carbocycles. The minimum atomic E-state index is -1.09. The molecular weight excluding hydrogens is 206 g/mol. The van der Waals surface area contributed by atoms with E-state index in [-0.39, 0.29) is 17.0 Å². The number of aryl methyl sites for hydroxylation is 1. The SMILES string of the molecule is COc1c(Cl)cc(C)c(C(=O)O)c1N. The number of methoxy groups -OCH3 is 1. The number of carbonyl (C=O) groups is 1. The van der Waals surface area contributed by atoms with Crippen LogP contribution in [0.1, 0.15) is 15.9 Å². The molecule has 1 aromatic rings. The number of ether oxygens (including phenoxy) is 1. The highest BCUT2D eigenvalue weighted by Crippen LogP contribution is 2.35. The van der Waals surface area contributed by atoms with E-state index in [9.17, 15) is 4.79 Å². The molecule has 1 rings (SSSR count). The molecule has 0 radical (unpaired) electrons. The van der Waals surface area contributed by atoms with Gasteiger partial charge in [-0.05, 0) is 18.6 Å². The highest BCUT2D eigenvalue weighted by Gasteiger charge is 2.18. The van der Waals surface area contributed by atoms with Crippen LogP contribution in [-0.4, -0.2) is 18.2 Å². The van der Waals surface area contributed by atoms with E-state index in [4.69, 9.17) is 27.2 Å². The summed E-state index contributed by atoms with van der Waals surface area (Å²) in [5.74, 6) is -0.885. The quantitative estimate of drug-likeness (QED) is 0.740. The Balaban J connectivity index is 3.52. The first-order valence-electron chi connectivity index (χ1n) is 3.85. The van der Waals surface area contributed by atoms with Crippen LogP contribution in [0, 0.1) is 6.92 Å². The van der Waals surface area contributed by atoms with Crippen LogP contribution in [0.2, 0.25) is 5.02 Å². The first-order chi connectivity index (χ1) is 6.49. The van der Waals surface area contributed by atoms with Crippen LogP contribution in [0.15, 0.2) is 6.07 Å². The highest BCUT2D eigenvalue weighted by molar-refractivity contribution is 6.33. The number of rotatable bonds is 2. The molecule has 0 unspecified atom stereocenters. The highest BCUT2D eigenvalue weighted by atomic mass is 35.5. The number of nitrogen functional groups attached to an aromatic ring is 1. The van der Waals surface area contributed by atoms with Crippen LogP contribution in [0.25, 0.3) is 0 Å². The molecule has 0 aliphatic heterocycles. The zero-order valence-electron chi connectivity index (χ0n) is 7.80. The van der Waals surface area contributed by atoms with Crippen LogP contribution < -0.4 is 10.5 Å². The molecule has 0 saturated heterocycles. The Bertz CT molecular complexity index is 390. The third kappa shape index (κ3) is 1.61. The lowest BCUT2D eigenvalue weighted by atomic mass is 10.1. The molecule has 4 nitrogen and oxygen atoms in total. The normalized spacial score (nSPS) is 9.93. The molecule has 0 aromatic heterocycles. The van der Waals surface area contributed by atoms with Crippen molar-refractivity contribution in [2.75, 3.05) is 12.8 Å². The summed E-state index contributed by atoms with van der Waals surface area (Å²) in [7, 11) is 1.39. The maximum atomic E-state index is 10.8. The molecule has 3 N–H and O–H groups in total. The molecule has 0 aliphatic rings. The third-order valence-corrected chi connectivity index (χ3v) is 2.17. The van der Waals surface area contributed by atoms with Crippen LogP contribution in [0.5, 0.6) is 5.75 Å². The van der Waals surface area contributed by atoms with Gasteiger partial charge in [-0.1, -0.05) is 11.6 Å². The summed E-state index contributed by atoms with van der Waals surface area (Å²) in [4.78, 5) is 10.8. The second kappa shape index (κ2) is 3.75. The fourth-order valence-electron chi connectivity index (χ4n) is 1.27. The number of anilines is 1. The molecule has 0 heterocycles. The minimum Gasteiger partial charge on any atom is -0.493 e. The predicted octanol–water partition coefficient (Wildman–Crippen LogP) is 1.94. The second-order valence-electron chi connectivity index (χ2n) is 2.80. The smallest absolute Gasteiger partial charge is 0.338 e. The van der Waals surface area contributed by atoms with Gasteiger partial charge < -0.3 is 15.6 Å². The Morgan fingerprint density at radius 1 is 1.64 bits per heavy atom. The van der Waals surface area contributed by atoms with E-state index in [0.29, 0.717) is 10.6 Å². The Morgan fingerprint density at radius 3 is 2.64 bits per heavy atom. The van der Waals surface area contributed by atoms with Crippen molar-refractivity contribution in [1.82, 2.24) is 0 Å². The van der Waals surface area contributed by atoms with Gasteiger partial charge in [0.05, 0.1) is 23.4 Å². The zero-order valence-corrected chi connectivity index (χ0v) is 8.55. The summed E-state index contributed by atoms with van der Waals surface area (Å²) < 4.78 is 4.90. The summed E-state index contributed by atoms with van der Waals surface area (Å²) in [5.41, 5.74) is 6.21. The number of hydrogen-bond donors (Lipinski definition) is 2. The van der Waals surface area contributed by atoms with Crippen molar-refractivity contribution < 1.29 is 14.6 Å². The summed E-state index contributed by atoms with van der Waals surface area (Å²) in [6, 6.07) is 1.51. The summed E-state index contributed by atoms with van der Waals surface area (Å²) in [5, 5.41) is 9.19. The van der Waals surface area contributed by atoms with Gasteiger partial charge in [0.15, 0.2) is 5.75 Å². The van der Waals surface area contributed by atoms with Gasteiger partial charge in [0.25, 0.3) is 0 Å². The van der Waals surface area contributed by atoms with Gasteiger partial charge in [-0.3, -0.25) is 0 Å². The lowest BCUT2D eigenvalue weighted by molar-refractivity contribution is 0.0697. The molecule has 76 valence electrons. The number of benzene rings is 1. The lowest BCUT2D eigenvalue weighted by Gasteiger charge is -2.11. The fraction of sp³-hybridized carbons (Fsp3) is 0.222. The number of carboxylic acids is 1. The molecule has 5 heteroatoms. The average molecular weight is 216 g/mol. The molecule has 0 atom stereocenters. The zero-order chi connectivity index (χ0) is 10.9. The van der Waals surface area contributed by atoms with Crippen molar-refractivity contribution in [3.63, 3.8) is 0 Å². The Hall–Kier alpha value is -1.42. The maximum Gasteiger partial charge on any atom is 0.338 e. The number of nitrogens with two attached hydrogens (primary N) is 1. The molecular formula is C9H10ClNO3. The van der Waals surface area contributed by atoms with Crippen LogP contribution >= 0.6 is 11.6 Å². The number of halogens is 1. The first kappa shape index (κ1) is 10.7. The number of aromatic carboxylic acids is 1. The topological polar surface area (TPSA) is 72.5 Å². The van der Waals surface area contributed by atoms with E-state index in [1.165, 1.54) is 13.2 Å². The number of hydrogen-bond acceptors (Lipinski definition) is 3. The van der Waals surface area contributed by atoms with Crippen molar-refractivity contribution >= 4 is 23.3 Å². The monoisotopic (exact) mass is 215 g/mol. The van der Waals surface area contributed by atoms with Crippen LogP contribution in [0.3, 0.4) is 0 Å². The molecule has 0 saturated carbocycles. The van der Waals surface area contributed by atoms with Crippen molar-refractivity contribution in [2.45, 2.75) is 6.92 Å². The molecule has 0 spiro atoms. The molecule has 1 aromatic carbocycles. The van der Waals surface area contributed by atoms with Gasteiger partial charge in [0.1, 0.15) is 0 Å². The largest absolute Gasteiger partial charge is 0.493 e. The molecule has 14 heavy (non-hydrogen) atoms. The van der Waals surface area contributed by atoms with Gasteiger partial charge >= 0.3 is 5.97 Å². The van der Waals surface area contributed by atoms with Gasteiger partial charge in [0, 0.05) is 0 Å². The second-order valence-corrected chi connectivity index (χ2v) is 3.21. The average Bonchev–Trinajstić information content (AvgIpc) is 2.02. The van der Waals surface area contributed by atoms with Crippen LogP contribution in [-0.2, 0) is 0 Å². The van der Waals surface area contributed by atoms with E-state index in [2.05, 4.69) is 0 Å². The summed E-state index contributed by atoms with van der Waals surface area (Å²) in [6.45, 7) is 1.63. The van der Waals surface area contributed by atoms with E-state index in [0.717, 1.165) is 0 Å². The maximum absolute atomic E-state index is 10.8. The van der Waals surface area contributed by atoms with Crippen molar-refractivity contribution in [2.24, 2.45) is 0 Å². The van der Waals surface area contributed by atoms with E-state index in [1.807, 2.05) is 0 Å². The number of carboxylic acid groups (broad SMARTS) is 1. The first-order valence-corrected chi connectivity index (χ1v) is 4.22. The van der Waals surface area contributed by atoms with Gasteiger partial charge in [0.2, 0.25) is 0 Å². The minimum absolute atomic E-state index is 0.0336. The third-order valence-electron chi connectivity index (χ3n) is 1.89. The van der Waals surface area contributed by atoms with E-state index < -0.39 is 5.97 Å². The summed E-state index contributed by atoms with van der Waals surface area (Å²) >= 11 is 5.81. The van der Waals surface area contributed by atoms with Crippen molar-refractivity contribution in [3.05, 3.63) is 22.2 Å². The van der Waals surface area contributed by atoms with Gasteiger partial charge in [-0.25, -0.2) is 4.79 Å². The fourth-order valence-corrected chi connectivity index (χ4v) is 1.62. The van der Waals surface area contributed by atoms with Crippen LogP contribution in [0.4, 0.5) is 5.69 Å². The standard InChI is InChI=1S/C9H10ClNO3/c1-4-3-5(10)8(14-2)7(11)6(4)9(12)13/h3H,11H2,1-2H3,(H,12,13). The van der Waals surface area contributed by atoms with Crippen molar-refractivity contribution in [1.29, 1.82) is 0 Å².